The first kappa shape index (κ1) is 75.0. The third-order valence-electron chi connectivity index (χ3n) is 19.0. The largest absolute Gasteiger partial charge is 0.491 e. The molecule has 0 amide bonds. The van der Waals surface area contributed by atoms with E-state index in [-0.39, 0.29) is 50.1 Å². The lowest BCUT2D eigenvalue weighted by atomic mass is 9.83. The fourth-order valence-electron chi connectivity index (χ4n) is 13.5. The van der Waals surface area contributed by atoms with Gasteiger partial charge in [-0.1, -0.05) is 66.7 Å². The Labute approximate surface area is 602 Å². The Morgan fingerprint density at radius 2 is 0.667 bits per heavy atom. The number of ether oxygens (including phenoxy) is 7. The van der Waals surface area contributed by atoms with Crippen molar-refractivity contribution in [2.75, 3.05) is 96.5 Å². The molecule has 0 spiro atoms. The van der Waals surface area contributed by atoms with Gasteiger partial charge in [0.2, 0.25) is 0 Å². The molecule has 15 unspecified atom stereocenters. The SMILES string of the molecule is OCC1CC(SCCOCCOc2ccc(C3=c4ccc([nH]4)=C(c4ccc(OCCOCCSC5CC(CO)C(O)C(O)C5O)cc4)c4ccc([nH]4)C(c4ccc(OCCOCCSC5OC(CO)C(O)C(O)C5O)cc4)=c4ccc([nH]4)=C(c4ccccc4)c4ccc3[nH]4)cc2)C(O)C(O)C1O. The first-order valence-corrected chi connectivity index (χ1v) is 37.5. The van der Waals surface area contributed by atoms with Crippen molar-refractivity contribution in [2.45, 2.75) is 89.8 Å². The molecule has 4 aromatic heterocycles. The Bertz CT molecular complexity index is 4210. The van der Waals surface area contributed by atoms with E-state index in [1.54, 1.807) is 0 Å². The molecule has 3 fully saturated rings. The zero-order valence-electron chi connectivity index (χ0n) is 56.1. The lowest BCUT2D eigenvalue weighted by Crippen LogP contribution is -2.57. The van der Waals surface area contributed by atoms with Gasteiger partial charge < -0.3 is 114 Å². The van der Waals surface area contributed by atoms with Gasteiger partial charge in [0, 0.05) is 119 Å². The highest BCUT2D eigenvalue weighted by molar-refractivity contribution is 8.00. The minimum Gasteiger partial charge on any atom is -0.491 e. The number of nitrogens with one attached hydrogen (secondary N) is 4. The summed E-state index contributed by atoms with van der Waals surface area (Å²) < 4.78 is 41.8. The highest BCUT2D eigenvalue weighted by Gasteiger charge is 2.45. The molecule has 8 aromatic rings. The topological polar surface area (TPSA) is 371 Å². The second-order valence-electron chi connectivity index (χ2n) is 25.7. The summed E-state index contributed by atoms with van der Waals surface area (Å²) in [5.74, 6) is 2.41. The second kappa shape index (κ2) is 35.9. The number of H-pyrrole nitrogens is 4. The lowest BCUT2D eigenvalue weighted by Gasteiger charge is -2.39. The molecule has 2 aliphatic carbocycles. The standard InChI is InChI=1S/C76H90N4O19S3/c81-40-47-38-61(70(87)72(89)67(47)84)100-35-32-93-26-29-96-49-12-6-44(7-13-49)64-54-20-18-52(77-54)63(43-4-2-1-3-5-43)53-19-21-55(78-53)65(45-8-16-51(17-9-45)98-31-28-95-34-37-102-76-75(92)74(91)69(86)60(42-83)99-76)57-23-25-59(80-57)66(58-24-22-56(64)79-58)46-10-14-50(15-11-46)97-30-27-94-33-36-101-62-39-48(41-82)68(85)73(90)71(62)88/h1-25,47-48,60-62,67-92H,26-42H2. The quantitative estimate of drug-likeness (QED) is 0.0273. The number of aromatic nitrogens is 4. The van der Waals surface area contributed by atoms with Gasteiger partial charge in [0.1, 0.15) is 79.1 Å². The first-order chi connectivity index (χ1) is 49.7. The van der Waals surface area contributed by atoms with Crippen LogP contribution < -0.4 is 35.6 Å². The van der Waals surface area contributed by atoms with E-state index in [2.05, 4.69) is 80.6 Å². The number of aliphatic hydroxyl groups is 12. The van der Waals surface area contributed by atoms with Crippen LogP contribution in [0.2, 0.25) is 0 Å². The van der Waals surface area contributed by atoms with Crippen LogP contribution in [0.15, 0.2) is 152 Å². The number of hydrogen-bond acceptors (Lipinski definition) is 22. The maximum absolute atomic E-state index is 10.6. The maximum Gasteiger partial charge on any atom is 0.132 e. The van der Waals surface area contributed by atoms with E-state index >= 15 is 0 Å². The summed E-state index contributed by atoms with van der Waals surface area (Å²) in [4.78, 5) is 15.4. The van der Waals surface area contributed by atoms with Crippen molar-refractivity contribution in [3.05, 3.63) is 218 Å². The van der Waals surface area contributed by atoms with E-state index in [9.17, 15) is 61.3 Å². The Morgan fingerprint density at radius 1 is 0.324 bits per heavy atom. The van der Waals surface area contributed by atoms with Gasteiger partial charge >= 0.3 is 0 Å². The minimum absolute atomic E-state index is 0.257. The molecule has 23 nitrogen and oxygen atoms in total. The fraction of sp³-hybridized carbons (Fsp3) is 0.421. The van der Waals surface area contributed by atoms with Gasteiger partial charge in [-0.2, -0.15) is 23.5 Å². The van der Waals surface area contributed by atoms with Crippen molar-refractivity contribution in [2.24, 2.45) is 11.8 Å². The molecule has 1 saturated heterocycles. The summed E-state index contributed by atoms with van der Waals surface area (Å²) in [6.07, 6.45) is -11.6. The molecule has 0 radical (unpaired) electrons. The Balaban J connectivity index is 0.807. The first-order valence-electron chi connectivity index (χ1n) is 34.4. The highest BCUT2D eigenvalue weighted by atomic mass is 32.2. The van der Waals surface area contributed by atoms with Gasteiger partial charge in [0.05, 0.1) is 70.7 Å². The second-order valence-corrected chi connectivity index (χ2v) is 29.6. The molecule has 12 rings (SSSR count). The summed E-state index contributed by atoms with van der Waals surface area (Å²) in [7, 11) is 0. The Hall–Kier alpha value is -6.71. The van der Waals surface area contributed by atoms with Crippen molar-refractivity contribution in [1.29, 1.82) is 0 Å². The molecule has 546 valence electrons. The molecule has 6 heterocycles. The lowest BCUT2D eigenvalue weighted by molar-refractivity contribution is -0.205. The Kier molecular flexibility index (Phi) is 26.4. The van der Waals surface area contributed by atoms with Crippen molar-refractivity contribution >= 4 is 57.6 Å². The van der Waals surface area contributed by atoms with E-state index in [0.29, 0.717) is 80.4 Å². The predicted molar refractivity (Wildman–Crippen MR) is 388 cm³/mol. The van der Waals surface area contributed by atoms with Crippen molar-refractivity contribution < 1.29 is 94.4 Å². The summed E-state index contributed by atoms with van der Waals surface area (Å²) >= 11 is 4.11. The van der Waals surface area contributed by atoms with E-state index in [4.69, 9.17) is 33.2 Å². The molecule has 4 aliphatic rings. The van der Waals surface area contributed by atoms with E-state index in [1.165, 1.54) is 35.3 Å². The van der Waals surface area contributed by atoms with Crippen molar-refractivity contribution in [1.82, 2.24) is 19.9 Å². The number of fused-ring (bicyclic) bond motifs is 8. The van der Waals surface area contributed by atoms with Gasteiger partial charge in [-0.3, -0.25) is 0 Å². The minimum atomic E-state index is -1.44. The average Bonchev–Trinajstić information content (AvgIpc) is 1.62. The number of benzene rings is 4. The monoisotopic (exact) mass is 1460 g/mol. The summed E-state index contributed by atoms with van der Waals surface area (Å²) in [5.41, 5.74) is 9.86. The summed E-state index contributed by atoms with van der Waals surface area (Å²) in [6, 6.07) is 50.7. The number of aromatic amines is 4. The molecule has 2 saturated carbocycles. The van der Waals surface area contributed by atoms with Gasteiger partial charge in [-0.25, -0.2) is 0 Å². The normalized spacial score (nSPS) is 26.0. The van der Waals surface area contributed by atoms with E-state index in [1.807, 2.05) is 91.0 Å². The molecule has 2 aliphatic heterocycles. The van der Waals surface area contributed by atoms with E-state index in [0.717, 1.165) is 88.7 Å². The number of aliphatic hydroxyl groups excluding tert-OH is 12. The molecular formula is C76H90N4O19S3. The third kappa shape index (κ3) is 17.8. The Morgan fingerprint density at radius 3 is 1.02 bits per heavy atom. The van der Waals surface area contributed by atoms with Crippen LogP contribution in [0.4, 0.5) is 0 Å². The van der Waals surface area contributed by atoms with Crippen molar-refractivity contribution in [3.8, 4) is 17.2 Å². The molecule has 8 bridgehead atoms. The zero-order valence-corrected chi connectivity index (χ0v) is 58.5. The molecule has 102 heavy (non-hydrogen) atoms. The number of hydrogen-bond donors (Lipinski definition) is 16. The average molecular weight is 1460 g/mol. The van der Waals surface area contributed by atoms with Crippen LogP contribution >= 0.6 is 35.3 Å². The van der Waals surface area contributed by atoms with Gasteiger partial charge in [-0.15, -0.1) is 11.8 Å². The summed E-state index contributed by atoms with van der Waals surface area (Å²) in [5, 5.41) is 125. The third-order valence-corrected chi connectivity index (χ3v) is 22.7. The molecule has 26 heteroatoms. The van der Waals surface area contributed by atoms with Crippen LogP contribution in [-0.4, -0.2) is 255 Å². The summed E-state index contributed by atoms with van der Waals surface area (Å²) in [6.45, 7) is 1.72. The molecule has 4 aromatic carbocycles. The van der Waals surface area contributed by atoms with Gasteiger partial charge in [-0.05, 0) is 120 Å². The molecule has 16 N–H and O–H groups in total. The molecule has 15 atom stereocenters. The molecular weight excluding hydrogens is 1370 g/mol. The van der Waals surface area contributed by atoms with Crippen LogP contribution in [-0.2, 0) is 18.9 Å². The van der Waals surface area contributed by atoms with Gasteiger partial charge in [0.25, 0.3) is 0 Å². The fourth-order valence-corrected chi connectivity index (χ4v) is 17.0. The van der Waals surface area contributed by atoms with Crippen LogP contribution in [0.1, 0.15) is 57.9 Å². The van der Waals surface area contributed by atoms with Crippen LogP contribution in [0, 0.1) is 11.8 Å². The number of rotatable bonds is 31. The van der Waals surface area contributed by atoms with Crippen LogP contribution in [0.5, 0.6) is 17.2 Å². The predicted octanol–water partition coefficient (Wildman–Crippen LogP) is 1.41. The van der Waals surface area contributed by atoms with E-state index < -0.39 is 84.9 Å². The maximum atomic E-state index is 10.6. The highest BCUT2D eigenvalue weighted by Crippen LogP contribution is 2.36. The number of thioether (sulfide) groups is 3. The van der Waals surface area contributed by atoms with Crippen LogP contribution in [0.3, 0.4) is 0 Å². The van der Waals surface area contributed by atoms with Gasteiger partial charge in [0.15, 0.2) is 0 Å². The van der Waals surface area contributed by atoms with Crippen LogP contribution in [0.25, 0.3) is 22.3 Å². The smallest absolute Gasteiger partial charge is 0.132 e. The zero-order chi connectivity index (χ0) is 71.2. The van der Waals surface area contributed by atoms with Crippen molar-refractivity contribution in [3.63, 3.8) is 0 Å².